The molecule has 7 heteroatoms. The summed E-state index contributed by atoms with van der Waals surface area (Å²) in [6, 6.07) is 1.89. The van der Waals surface area contributed by atoms with Gasteiger partial charge in [0, 0.05) is 11.5 Å². The van der Waals surface area contributed by atoms with Crippen LogP contribution in [0, 0.1) is 34.4 Å². The van der Waals surface area contributed by atoms with Gasteiger partial charge in [0.1, 0.15) is 18.3 Å². The fraction of sp³-hybridized carbons (Fsp3) is 0.680. The average molecular weight is 441 g/mol. The van der Waals surface area contributed by atoms with E-state index in [1.165, 1.54) is 38.2 Å². The molecule has 0 aromatic heterocycles. The summed E-state index contributed by atoms with van der Waals surface area (Å²) in [5.74, 6) is 1.04. The van der Waals surface area contributed by atoms with Gasteiger partial charge < -0.3 is 14.6 Å². The summed E-state index contributed by atoms with van der Waals surface area (Å²) in [6.45, 7) is 0.441. The van der Waals surface area contributed by atoms with Gasteiger partial charge >= 0.3 is 5.97 Å². The van der Waals surface area contributed by atoms with Crippen molar-refractivity contribution in [2.24, 2.45) is 28.6 Å². The second-order valence-electron chi connectivity index (χ2n) is 11.2. The molecule has 1 aromatic rings. The summed E-state index contributed by atoms with van der Waals surface area (Å²) < 4.78 is 26.7. The normalized spacial score (nSPS) is 40.6. The van der Waals surface area contributed by atoms with Gasteiger partial charge in [0.2, 0.25) is 0 Å². The SMILES string of the molecule is O=C(O)[C@@H]1COCN1C(=O)c1cc(C2CC2)c(OCC23CC4CC5CC(C2)C53C4)cc1F. The summed E-state index contributed by atoms with van der Waals surface area (Å²) in [4.78, 5) is 25.5. The number of aliphatic carboxylic acids is 1. The molecule has 1 spiro atoms. The van der Waals surface area contributed by atoms with Crippen LogP contribution in [-0.4, -0.2) is 47.9 Å². The van der Waals surface area contributed by atoms with Crippen LogP contribution in [0.25, 0.3) is 0 Å². The number of carbonyl (C=O) groups is 2. The molecule has 5 saturated carbocycles. The average Bonchev–Trinajstić information content (AvgIpc) is 3.25. The molecule has 1 aliphatic heterocycles. The van der Waals surface area contributed by atoms with Crippen molar-refractivity contribution >= 4 is 11.9 Å². The van der Waals surface area contributed by atoms with E-state index in [1.54, 1.807) is 6.07 Å². The Bertz CT molecular complexity index is 1040. The number of carboxylic acid groups (broad SMARTS) is 1. The van der Waals surface area contributed by atoms with Crippen LogP contribution in [-0.2, 0) is 9.53 Å². The van der Waals surface area contributed by atoms with Crippen LogP contribution < -0.4 is 4.74 Å². The van der Waals surface area contributed by atoms with Gasteiger partial charge in [-0.25, -0.2) is 9.18 Å². The highest BCUT2D eigenvalue weighted by Gasteiger charge is 2.80. The Morgan fingerprint density at radius 3 is 2.75 bits per heavy atom. The van der Waals surface area contributed by atoms with Crippen molar-refractivity contribution in [3.63, 3.8) is 0 Å². The molecule has 5 aliphatic carbocycles. The Kier molecular flexibility index (Phi) is 3.77. The lowest BCUT2D eigenvalue weighted by Crippen LogP contribution is -2.68. The van der Waals surface area contributed by atoms with Gasteiger partial charge in [-0.3, -0.25) is 9.69 Å². The molecular weight excluding hydrogens is 413 g/mol. The molecule has 6 atom stereocenters. The number of hydrogen-bond acceptors (Lipinski definition) is 4. The number of halogens is 1. The Morgan fingerprint density at radius 1 is 1.19 bits per heavy atom. The molecule has 32 heavy (non-hydrogen) atoms. The molecule has 1 saturated heterocycles. The van der Waals surface area contributed by atoms with Crippen molar-refractivity contribution in [1.82, 2.24) is 4.90 Å². The molecule has 1 amide bonds. The Morgan fingerprint density at radius 2 is 2.03 bits per heavy atom. The first-order valence-corrected chi connectivity index (χ1v) is 12.0. The molecule has 170 valence electrons. The van der Waals surface area contributed by atoms with Crippen LogP contribution >= 0.6 is 0 Å². The van der Waals surface area contributed by atoms with Crippen LogP contribution in [0.1, 0.15) is 66.8 Å². The largest absolute Gasteiger partial charge is 0.493 e. The van der Waals surface area contributed by atoms with Gasteiger partial charge in [-0.05, 0) is 85.7 Å². The maximum absolute atomic E-state index is 15.1. The number of nitrogens with zero attached hydrogens (tertiary/aromatic N) is 1. The topological polar surface area (TPSA) is 76.1 Å². The van der Waals surface area contributed by atoms with Crippen LogP contribution in [0.2, 0.25) is 0 Å². The smallest absolute Gasteiger partial charge is 0.328 e. The zero-order valence-corrected chi connectivity index (χ0v) is 18.0. The highest BCUT2D eigenvalue weighted by atomic mass is 19.1. The van der Waals surface area contributed by atoms with Gasteiger partial charge in [-0.2, -0.15) is 0 Å². The number of rotatable bonds is 6. The fourth-order valence-electron chi connectivity index (χ4n) is 8.44. The Balaban J connectivity index is 1.15. The van der Waals surface area contributed by atoms with Crippen molar-refractivity contribution in [2.45, 2.75) is 56.9 Å². The first-order valence-electron chi connectivity index (χ1n) is 12.0. The van der Waals surface area contributed by atoms with Crippen molar-refractivity contribution in [3.05, 3.63) is 29.1 Å². The maximum atomic E-state index is 15.1. The maximum Gasteiger partial charge on any atom is 0.328 e. The minimum Gasteiger partial charge on any atom is -0.493 e. The molecule has 7 rings (SSSR count). The van der Waals surface area contributed by atoms with Crippen molar-refractivity contribution in [3.8, 4) is 5.75 Å². The molecule has 6 nitrogen and oxygen atoms in total. The second-order valence-corrected chi connectivity index (χ2v) is 11.2. The van der Waals surface area contributed by atoms with E-state index in [-0.39, 0.29) is 30.2 Å². The molecule has 6 fully saturated rings. The number of hydrogen-bond donors (Lipinski definition) is 1. The highest BCUT2D eigenvalue weighted by Crippen LogP contribution is 2.86. The number of carbonyl (C=O) groups excluding carboxylic acids is 1. The van der Waals surface area contributed by atoms with Gasteiger partial charge in [0.15, 0.2) is 6.04 Å². The van der Waals surface area contributed by atoms with E-state index >= 15 is 4.39 Å². The van der Waals surface area contributed by atoms with E-state index in [9.17, 15) is 14.7 Å². The molecule has 2 bridgehead atoms. The van der Waals surface area contributed by atoms with Crippen molar-refractivity contribution in [1.29, 1.82) is 0 Å². The molecular formula is C25H28FNO5. The third-order valence-electron chi connectivity index (χ3n) is 9.85. The molecule has 1 heterocycles. The van der Waals surface area contributed by atoms with E-state index in [0.29, 0.717) is 17.8 Å². The standard InChI is InChI=1S/C25H28FNO5/c26-19-6-21(32-11-24-7-13-3-15-4-16(9-24)25(15,24)8-13)17(14-1-2-14)5-18(19)22(28)27-12-31-10-20(27)23(29)30/h5-6,13-16,20H,1-4,7-12H2,(H,29,30)/t13?,15?,16?,20-,24?,25?/m0/s1. The van der Waals surface area contributed by atoms with Gasteiger partial charge in [0.05, 0.1) is 18.8 Å². The summed E-state index contributed by atoms with van der Waals surface area (Å²) in [7, 11) is 0. The third-order valence-corrected chi connectivity index (χ3v) is 9.85. The first kappa shape index (κ1) is 19.3. The van der Waals surface area contributed by atoms with Gasteiger partial charge in [0.25, 0.3) is 5.91 Å². The summed E-state index contributed by atoms with van der Waals surface area (Å²) >= 11 is 0. The zero-order valence-electron chi connectivity index (χ0n) is 18.0. The zero-order chi connectivity index (χ0) is 21.8. The fourth-order valence-corrected chi connectivity index (χ4v) is 8.44. The van der Waals surface area contributed by atoms with E-state index in [0.717, 1.165) is 41.1 Å². The van der Waals surface area contributed by atoms with Gasteiger partial charge in [-0.15, -0.1) is 0 Å². The highest BCUT2D eigenvalue weighted by molar-refractivity contribution is 5.97. The molecule has 1 aromatic carbocycles. The third kappa shape index (κ3) is 2.33. The molecule has 1 N–H and O–H groups in total. The lowest BCUT2D eigenvalue weighted by molar-refractivity contribution is -0.254. The number of carboxylic acids is 1. The predicted octanol–water partition coefficient (Wildman–Crippen LogP) is 3.79. The number of amides is 1. The lowest BCUT2D eigenvalue weighted by atomic mass is 9.32. The summed E-state index contributed by atoms with van der Waals surface area (Å²) in [5, 5.41) is 9.35. The molecule has 0 radical (unpaired) electrons. The minimum atomic E-state index is -1.14. The minimum absolute atomic E-state index is 0.0772. The predicted molar refractivity (Wildman–Crippen MR) is 111 cm³/mol. The van der Waals surface area contributed by atoms with Crippen LogP contribution in [0.5, 0.6) is 5.75 Å². The number of ether oxygens (including phenoxy) is 2. The Labute approximate surface area is 186 Å². The van der Waals surface area contributed by atoms with Crippen molar-refractivity contribution < 1.29 is 28.6 Å². The monoisotopic (exact) mass is 441 g/mol. The van der Waals surface area contributed by atoms with Crippen molar-refractivity contribution in [2.75, 3.05) is 19.9 Å². The Hall–Kier alpha value is -2.15. The second kappa shape index (κ2) is 6.25. The van der Waals surface area contributed by atoms with E-state index in [4.69, 9.17) is 9.47 Å². The van der Waals surface area contributed by atoms with E-state index in [1.807, 2.05) is 0 Å². The number of benzene rings is 1. The van der Waals surface area contributed by atoms with Gasteiger partial charge in [-0.1, -0.05) is 0 Å². The summed E-state index contributed by atoms with van der Waals surface area (Å²) in [6.07, 6.45) is 8.67. The quantitative estimate of drug-likeness (QED) is 0.727. The lowest BCUT2D eigenvalue weighted by Gasteiger charge is -2.72. The van der Waals surface area contributed by atoms with Crippen LogP contribution in [0.3, 0.4) is 0 Å². The first-order chi connectivity index (χ1) is 15.4. The summed E-state index contributed by atoms with van der Waals surface area (Å²) in [5.41, 5.74) is 1.58. The van der Waals surface area contributed by atoms with E-state index in [2.05, 4.69) is 0 Å². The molecule has 5 unspecified atom stereocenters. The van der Waals surface area contributed by atoms with Crippen LogP contribution in [0.4, 0.5) is 4.39 Å². The van der Waals surface area contributed by atoms with Crippen LogP contribution in [0.15, 0.2) is 12.1 Å². The molecule has 6 aliphatic rings. The van der Waals surface area contributed by atoms with E-state index < -0.39 is 23.7 Å². The number of fused-ring (bicyclic) bond motifs is 1.